The van der Waals surface area contributed by atoms with E-state index < -0.39 is 18.1 Å². The van der Waals surface area contributed by atoms with Gasteiger partial charge in [0, 0.05) is 12.6 Å². The molecule has 0 bridgehead atoms. The van der Waals surface area contributed by atoms with Crippen LogP contribution in [0.5, 0.6) is 5.75 Å². The summed E-state index contributed by atoms with van der Waals surface area (Å²) in [5.74, 6) is -1.38. The van der Waals surface area contributed by atoms with Crippen molar-refractivity contribution in [2.45, 2.75) is 32.0 Å². The summed E-state index contributed by atoms with van der Waals surface area (Å²) in [5.41, 5.74) is 1.55. The molecule has 0 aromatic heterocycles. The summed E-state index contributed by atoms with van der Waals surface area (Å²) in [6.45, 7) is 1.48. The summed E-state index contributed by atoms with van der Waals surface area (Å²) in [6.07, 6.45) is -4.20. The van der Waals surface area contributed by atoms with Crippen LogP contribution in [0.2, 0.25) is 0 Å². The Labute approximate surface area is 120 Å². The van der Waals surface area contributed by atoms with Crippen molar-refractivity contribution in [2.75, 3.05) is 13.7 Å². The lowest BCUT2D eigenvalue weighted by Crippen LogP contribution is -2.42. The molecule has 1 aromatic carbocycles. The number of carbonyl (C=O) groups excluding carboxylic acids is 1. The zero-order chi connectivity index (χ0) is 16.0. The van der Waals surface area contributed by atoms with Crippen molar-refractivity contribution < 1.29 is 27.8 Å². The Morgan fingerprint density at radius 3 is 2.62 bits per heavy atom. The quantitative estimate of drug-likeness (QED) is 0.843. The number of hydrogen-bond donors (Lipinski definition) is 2. The van der Waals surface area contributed by atoms with Crippen molar-refractivity contribution in [3.05, 3.63) is 29.3 Å². The lowest BCUT2D eigenvalue weighted by molar-refractivity contribution is -0.174. The number of amides is 1. The smallest absolute Gasteiger partial charge is 0.471 e. The highest BCUT2D eigenvalue weighted by Gasteiger charge is 2.39. The van der Waals surface area contributed by atoms with Gasteiger partial charge in [0.25, 0.3) is 0 Å². The van der Waals surface area contributed by atoms with Crippen LogP contribution in [0.4, 0.5) is 13.2 Å². The lowest BCUT2D eigenvalue weighted by Gasteiger charge is -2.16. The third-order valence-corrected chi connectivity index (χ3v) is 2.91. The Morgan fingerprint density at radius 1 is 1.43 bits per heavy atom. The fourth-order valence-electron chi connectivity index (χ4n) is 1.95. The molecule has 7 heteroatoms. The first-order valence-corrected chi connectivity index (χ1v) is 6.42. The third-order valence-electron chi connectivity index (χ3n) is 2.91. The van der Waals surface area contributed by atoms with Crippen LogP contribution >= 0.6 is 0 Å². The van der Waals surface area contributed by atoms with Crippen LogP contribution in [0.15, 0.2) is 18.2 Å². The molecule has 1 amide bonds. The van der Waals surface area contributed by atoms with Gasteiger partial charge in [-0.05, 0) is 37.0 Å². The van der Waals surface area contributed by atoms with Crippen molar-refractivity contribution in [3.8, 4) is 5.75 Å². The van der Waals surface area contributed by atoms with Gasteiger partial charge in [-0.25, -0.2) is 0 Å². The number of alkyl halides is 3. The number of hydrogen-bond acceptors (Lipinski definition) is 3. The molecule has 0 aliphatic carbocycles. The van der Waals surface area contributed by atoms with E-state index in [-0.39, 0.29) is 13.0 Å². The molecular formula is C14H18F3NO3. The van der Waals surface area contributed by atoms with Gasteiger partial charge in [-0.3, -0.25) is 4.79 Å². The number of nitrogens with one attached hydrogen (secondary N) is 1. The van der Waals surface area contributed by atoms with E-state index in [1.165, 1.54) is 14.0 Å². The van der Waals surface area contributed by atoms with Gasteiger partial charge in [0.15, 0.2) is 0 Å². The normalized spacial score (nSPS) is 12.9. The summed E-state index contributed by atoms with van der Waals surface area (Å²) < 4.78 is 41.6. The first kappa shape index (κ1) is 17.3. The van der Waals surface area contributed by atoms with Gasteiger partial charge < -0.3 is 15.2 Å². The summed E-state index contributed by atoms with van der Waals surface area (Å²) in [6, 6.07) is 4.53. The largest absolute Gasteiger partial charge is 0.496 e. The van der Waals surface area contributed by atoms with Gasteiger partial charge in [0.2, 0.25) is 0 Å². The number of carbonyl (C=O) groups is 1. The topological polar surface area (TPSA) is 58.6 Å². The van der Waals surface area contributed by atoms with Crippen LogP contribution < -0.4 is 10.1 Å². The van der Waals surface area contributed by atoms with E-state index in [9.17, 15) is 18.0 Å². The Morgan fingerprint density at radius 2 is 2.10 bits per heavy atom. The molecule has 0 spiro atoms. The lowest BCUT2D eigenvalue weighted by atomic mass is 10.0. The van der Waals surface area contributed by atoms with Gasteiger partial charge in [-0.15, -0.1) is 0 Å². The summed E-state index contributed by atoms with van der Waals surface area (Å²) in [4.78, 5) is 10.8. The van der Waals surface area contributed by atoms with Gasteiger partial charge in [-0.1, -0.05) is 12.1 Å². The van der Waals surface area contributed by atoms with Crippen molar-refractivity contribution in [1.29, 1.82) is 0 Å². The number of rotatable bonds is 6. The SMILES string of the molecule is COc1cc(CC(C)NC(=O)C(F)(F)F)ccc1CCO. The van der Waals surface area contributed by atoms with E-state index in [1.54, 1.807) is 18.2 Å². The molecule has 0 fully saturated rings. The molecule has 21 heavy (non-hydrogen) atoms. The number of methoxy groups -OCH3 is 1. The van der Waals surface area contributed by atoms with E-state index in [4.69, 9.17) is 9.84 Å². The molecular weight excluding hydrogens is 287 g/mol. The number of benzene rings is 1. The molecule has 1 aromatic rings. The van der Waals surface area contributed by atoms with Crippen molar-refractivity contribution in [2.24, 2.45) is 0 Å². The maximum absolute atomic E-state index is 12.1. The molecule has 0 aliphatic heterocycles. The fraction of sp³-hybridized carbons (Fsp3) is 0.500. The Hall–Kier alpha value is -1.76. The van der Waals surface area contributed by atoms with Crippen LogP contribution in [-0.2, 0) is 17.6 Å². The molecule has 0 saturated carbocycles. The Balaban J connectivity index is 2.72. The molecule has 1 atom stereocenters. The Bertz CT molecular complexity index is 489. The van der Waals surface area contributed by atoms with E-state index >= 15 is 0 Å². The van der Waals surface area contributed by atoms with Gasteiger partial charge in [0.1, 0.15) is 5.75 Å². The fourth-order valence-corrected chi connectivity index (χ4v) is 1.95. The van der Waals surface area contributed by atoms with Crippen LogP contribution in [0.1, 0.15) is 18.1 Å². The van der Waals surface area contributed by atoms with Crippen LogP contribution in [0.25, 0.3) is 0 Å². The molecule has 0 heterocycles. The molecule has 2 N–H and O–H groups in total. The monoisotopic (exact) mass is 305 g/mol. The molecule has 0 aliphatic rings. The summed E-state index contributed by atoms with van der Waals surface area (Å²) >= 11 is 0. The predicted octanol–water partition coefficient (Wildman–Crippen LogP) is 1.84. The second-order valence-corrected chi connectivity index (χ2v) is 4.70. The van der Waals surface area contributed by atoms with E-state index in [1.807, 2.05) is 5.32 Å². The summed E-state index contributed by atoms with van der Waals surface area (Å²) in [5, 5.41) is 10.8. The number of aliphatic hydroxyl groups is 1. The van der Waals surface area contributed by atoms with E-state index in [0.29, 0.717) is 12.2 Å². The third kappa shape index (κ3) is 5.26. The molecule has 1 rings (SSSR count). The van der Waals surface area contributed by atoms with Crippen LogP contribution in [0, 0.1) is 0 Å². The molecule has 0 radical (unpaired) electrons. The maximum atomic E-state index is 12.1. The molecule has 0 saturated heterocycles. The minimum atomic E-state index is -4.88. The summed E-state index contributed by atoms with van der Waals surface area (Å²) in [7, 11) is 1.48. The highest BCUT2D eigenvalue weighted by molar-refractivity contribution is 5.81. The van der Waals surface area contributed by atoms with Crippen LogP contribution in [0.3, 0.4) is 0 Å². The zero-order valence-electron chi connectivity index (χ0n) is 11.8. The minimum absolute atomic E-state index is 0.0201. The molecule has 4 nitrogen and oxygen atoms in total. The van der Waals surface area contributed by atoms with Crippen LogP contribution in [-0.4, -0.2) is 36.9 Å². The van der Waals surface area contributed by atoms with E-state index in [0.717, 1.165) is 11.1 Å². The molecule has 1 unspecified atom stereocenters. The van der Waals surface area contributed by atoms with Gasteiger partial charge >= 0.3 is 12.1 Å². The molecule has 118 valence electrons. The van der Waals surface area contributed by atoms with Crippen molar-refractivity contribution in [1.82, 2.24) is 5.32 Å². The first-order chi connectivity index (χ1) is 9.77. The maximum Gasteiger partial charge on any atom is 0.471 e. The number of ether oxygens (including phenoxy) is 1. The van der Waals surface area contributed by atoms with Crippen molar-refractivity contribution >= 4 is 5.91 Å². The Kier molecular flexibility index (Phi) is 6.02. The van der Waals surface area contributed by atoms with E-state index in [2.05, 4.69) is 0 Å². The average molecular weight is 305 g/mol. The second kappa shape index (κ2) is 7.31. The standard InChI is InChI=1S/C14H18F3NO3/c1-9(18-13(20)14(15,16)17)7-10-3-4-11(5-6-19)12(8-10)21-2/h3-4,8-9,19H,5-7H2,1-2H3,(H,18,20). The minimum Gasteiger partial charge on any atom is -0.496 e. The highest BCUT2D eigenvalue weighted by Crippen LogP contribution is 2.22. The first-order valence-electron chi connectivity index (χ1n) is 6.42. The number of halogens is 3. The zero-order valence-corrected chi connectivity index (χ0v) is 11.8. The second-order valence-electron chi connectivity index (χ2n) is 4.70. The number of aliphatic hydroxyl groups excluding tert-OH is 1. The van der Waals surface area contributed by atoms with Gasteiger partial charge in [-0.2, -0.15) is 13.2 Å². The van der Waals surface area contributed by atoms with Gasteiger partial charge in [0.05, 0.1) is 7.11 Å². The predicted molar refractivity (Wildman–Crippen MR) is 71.1 cm³/mol. The highest BCUT2D eigenvalue weighted by atomic mass is 19.4. The average Bonchev–Trinajstić information content (AvgIpc) is 2.39. The van der Waals surface area contributed by atoms with Crippen molar-refractivity contribution in [3.63, 3.8) is 0 Å².